The van der Waals surface area contributed by atoms with Crippen molar-refractivity contribution in [1.82, 2.24) is 19.6 Å². The van der Waals surface area contributed by atoms with Crippen molar-refractivity contribution < 1.29 is 0 Å². The predicted octanol–water partition coefficient (Wildman–Crippen LogP) is 12.4. The van der Waals surface area contributed by atoms with E-state index in [9.17, 15) is 0 Å². The molecule has 5 atom stereocenters. The van der Waals surface area contributed by atoms with E-state index in [1.54, 1.807) is 0 Å². The van der Waals surface area contributed by atoms with Gasteiger partial charge in [0.25, 0.3) is 0 Å². The summed E-state index contributed by atoms with van der Waals surface area (Å²) in [6, 6.07) is 0. The van der Waals surface area contributed by atoms with Crippen LogP contribution >= 0.6 is 24.4 Å². The van der Waals surface area contributed by atoms with Crippen LogP contribution in [0.2, 0.25) is 0 Å². The molecule has 1 aliphatic rings. The van der Waals surface area contributed by atoms with Gasteiger partial charge >= 0.3 is 0 Å². The third-order valence-corrected chi connectivity index (χ3v) is 12.6. The molecule has 284 valence electrons. The van der Waals surface area contributed by atoms with E-state index in [0.717, 1.165) is 66.6 Å². The topological polar surface area (TPSA) is 13.0 Å². The fourth-order valence-corrected chi connectivity index (χ4v) is 8.90. The number of nitrogens with zero attached hydrogens (tertiary/aromatic N) is 4. The van der Waals surface area contributed by atoms with Crippen LogP contribution in [-0.2, 0) is 0 Å². The van der Waals surface area contributed by atoms with Gasteiger partial charge in [-0.3, -0.25) is 14.7 Å². The molecule has 6 heteroatoms. The summed E-state index contributed by atoms with van der Waals surface area (Å²) >= 11 is 13.1. The summed E-state index contributed by atoms with van der Waals surface area (Å²) in [4.78, 5) is 11.6. The van der Waals surface area contributed by atoms with Gasteiger partial charge in [0.05, 0.1) is 18.9 Å². The van der Waals surface area contributed by atoms with Crippen LogP contribution in [-0.4, -0.2) is 74.8 Å². The molecule has 0 spiro atoms. The van der Waals surface area contributed by atoms with Crippen LogP contribution in [0.25, 0.3) is 0 Å². The van der Waals surface area contributed by atoms with Gasteiger partial charge in [0.2, 0.25) is 0 Å². The van der Waals surface area contributed by atoms with Gasteiger partial charge in [-0.2, -0.15) is 0 Å². The Labute approximate surface area is 312 Å². The Balaban J connectivity index is 3.48. The Morgan fingerprint density at radius 1 is 0.562 bits per heavy atom. The van der Waals surface area contributed by atoms with Crippen molar-refractivity contribution in [3.63, 3.8) is 0 Å². The zero-order valence-corrected chi connectivity index (χ0v) is 35.9. The highest BCUT2D eigenvalue weighted by atomic mass is 32.1. The van der Waals surface area contributed by atoms with E-state index in [-0.39, 0.29) is 5.54 Å². The van der Waals surface area contributed by atoms with Crippen LogP contribution in [0.4, 0.5) is 0 Å². The smallest absolute Gasteiger partial charge is 0.179 e. The maximum Gasteiger partial charge on any atom is 0.179 e. The molecule has 1 saturated heterocycles. The van der Waals surface area contributed by atoms with Crippen LogP contribution in [0.3, 0.4) is 0 Å². The summed E-state index contributed by atoms with van der Waals surface area (Å²) in [5, 5.41) is 0.976. The van der Waals surface area contributed by atoms with Crippen LogP contribution in [0.5, 0.6) is 0 Å². The summed E-state index contributed by atoms with van der Waals surface area (Å²) in [6.45, 7) is 32.4. The molecule has 0 radical (unpaired) electrons. The predicted molar refractivity (Wildman–Crippen MR) is 223 cm³/mol. The molecule has 1 fully saturated rings. The number of unbranched alkanes of at least 4 members (excludes halogenated alkanes) is 4. The third-order valence-electron chi connectivity index (χ3n) is 11.5. The molecule has 0 N–H and O–H groups in total. The summed E-state index contributed by atoms with van der Waals surface area (Å²) in [5.41, 5.74) is -0.237. The van der Waals surface area contributed by atoms with E-state index in [1.807, 2.05) is 0 Å². The lowest BCUT2D eigenvalue weighted by atomic mass is 9.90. The molecular weight excluding hydrogens is 625 g/mol. The van der Waals surface area contributed by atoms with E-state index in [4.69, 9.17) is 24.4 Å². The summed E-state index contributed by atoms with van der Waals surface area (Å²) in [7, 11) is 0. The lowest BCUT2D eigenvalue weighted by molar-refractivity contribution is 0.0968. The Morgan fingerprint density at radius 3 is 1.19 bits per heavy atom. The molecule has 0 aromatic rings. The number of hydrogen-bond donors (Lipinski definition) is 0. The molecule has 1 rings (SSSR count). The van der Waals surface area contributed by atoms with Crippen molar-refractivity contribution in [2.24, 2.45) is 29.6 Å². The SMILES string of the molecule is CCCCC(CC)CN(CC(CC)CCCC)CN1C(=S)N(CN(CC(CC)CCCC)CC(CC)CCCC)C(C)(CC(C)C)C1=S. The third kappa shape index (κ3) is 15.5. The van der Waals surface area contributed by atoms with Gasteiger partial charge in [0.15, 0.2) is 5.11 Å². The highest BCUT2D eigenvalue weighted by Crippen LogP contribution is 2.36. The van der Waals surface area contributed by atoms with E-state index in [1.165, 1.54) is 116 Å². The molecule has 0 saturated carbocycles. The van der Waals surface area contributed by atoms with Crippen molar-refractivity contribution >= 4 is 34.5 Å². The Kier molecular flexibility index (Phi) is 24.4. The minimum absolute atomic E-state index is 0.237. The summed E-state index contributed by atoms with van der Waals surface area (Å²) < 4.78 is 0. The first kappa shape index (κ1) is 45.7. The lowest BCUT2D eigenvalue weighted by Crippen LogP contribution is -2.53. The first-order chi connectivity index (χ1) is 23.0. The van der Waals surface area contributed by atoms with E-state index >= 15 is 0 Å². The number of hydrogen-bond acceptors (Lipinski definition) is 4. The second-order valence-electron chi connectivity index (χ2n) is 16.3. The van der Waals surface area contributed by atoms with Crippen molar-refractivity contribution in [3.05, 3.63) is 0 Å². The minimum atomic E-state index is -0.237. The molecule has 0 aromatic carbocycles. The van der Waals surface area contributed by atoms with Gasteiger partial charge in [0, 0.05) is 26.2 Å². The first-order valence-corrected chi connectivity index (χ1v) is 21.9. The molecule has 0 aromatic heterocycles. The fourth-order valence-electron chi connectivity index (χ4n) is 8.09. The standard InChI is InChI=1S/C42H84N4S2/c1-12-20-24-36(16-5)29-43(30-37(17-6)25-21-13-2)33-45-40(47)42(11,28-35(9)10)46(41(45)48)34-44(31-38(18-7)26-22-14-3)32-39(19-8)27-23-15-4/h35-39H,12-34H2,1-11H3. The van der Waals surface area contributed by atoms with Crippen molar-refractivity contribution in [2.45, 2.75) is 191 Å². The molecule has 0 aliphatic carbocycles. The first-order valence-electron chi connectivity index (χ1n) is 21.1. The Morgan fingerprint density at radius 2 is 0.896 bits per heavy atom. The molecule has 4 nitrogen and oxygen atoms in total. The fraction of sp³-hybridized carbons (Fsp3) is 0.952. The van der Waals surface area contributed by atoms with Gasteiger partial charge < -0.3 is 4.90 Å². The quantitative estimate of drug-likeness (QED) is 0.0684. The highest BCUT2D eigenvalue weighted by Gasteiger charge is 2.50. The molecule has 1 aliphatic heterocycles. The van der Waals surface area contributed by atoms with Crippen LogP contribution in [0.15, 0.2) is 0 Å². The van der Waals surface area contributed by atoms with Crippen LogP contribution in [0.1, 0.15) is 185 Å². The number of rotatable bonds is 30. The molecule has 5 unspecified atom stereocenters. The highest BCUT2D eigenvalue weighted by molar-refractivity contribution is 7.82. The number of thiocarbonyl (C=S) groups is 2. The van der Waals surface area contributed by atoms with Crippen molar-refractivity contribution in [2.75, 3.05) is 39.5 Å². The second kappa shape index (κ2) is 25.6. The maximum absolute atomic E-state index is 6.54. The minimum Gasteiger partial charge on any atom is -0.324 e. The maximum atomic E-state index is 6.54. The largest absolute Gasteiger partial charge is 0.324 e. The second-order valence-corrected chi connectivity index (χ2v) is 17.1. The van der Waals surface area contributed by atoms with Gasteiger partial charge in [-0.15, -0.1) is 0 Å². The molecule has 48 heavy (non-hydrogen) atoms. The summed E-state index contributed by atoms with van der Waals surface area (Å²) in [5.74, 6) is 3.48. The lowest BCUT2D eigenvalue weighted by Gasteiger charge is -2.41. The van der Waals surface area contributed by atoms with Gasteiger partial charge in [-0.1, -0.05) is 159 Å². The van der Waals surface area contributed by atoms with E-state index in [2.05, 4.69) is 95.8 Å². The average Bonchev–Trinajstić information content (AvgIpc) is 3.23. The molecule has 1 heterocycles. The average molecular weight is 709 g/mol. The van der Waals surface area contributed by atoms with Crippen molar-refractivity contribution in [1.29, 1.82) is 0 Å². The van der Waals surface area contributed by atoms with Gasteiger partial charge in [0.1, 0.15) is 4.99 Å². The van der Waals surface area contributed by atoms with Gasteiger partial charge in [-0.05, 0) is 80.8 Å². The molecule has 0 bridgehead atoms. The van der Waals surface area contributed by atoms with Gasteiger partial charge in [-0.25, -0.2) is 0 Å². The van der Waals surface area contributed by atoms with E-state index < -0.39 is 0 Å². The normalized spacial score (nSPS) is 19.7. The zero-order chi connectivity index (χ0) is 36.1. The monoisotopic (exact) mass is 709 g/mol. The molecular formula is C42H84N4S2. The summed E-state index contributed by atoms with van der Waals surface area (Å²) in [6.07, 6.45) is 21.8. The Hall–Kier alpha value is -0.300. The van der Waals surface area contributed by atoms with E-state index in [0.29, 0.717) is 5.92 Å². The van der Waals surface area contributed by atoms with Crippen LogP contribution < -0.4 is 0 Å². The zero-order valence-electron chi connectivity index (χ0n) is 34.3. The van der Waals surface area contributed by atoms with Crippen molar-refractivity contribution in [3.8, 4) is 0 Å². The molecule has 0 amide bonds. The van der Waals surface area contributed by atoms with Crippen LogP contribution in [0, 0.1) is 29.6 Å². The Bertz CT molecular complexity index is 813.